The second-order valence-electron chi connectivity index (χ2n) is 11.3. The summed E-state index contributed by atoms with van der Waals surface area (Å²) in [5.74, 6) is 0. The van der Waals surface area contributed by atoms with Crippen LogP contribution in [0.15, 0.2) is 127 Å². The third-order valence-corrected chi connectivity index (χ3v) is 8.69. The summed E-state index contributed by atoms with van der Waals surface area (Å²) < 4.78 is 191. The smallest absolute Gasteiger partial charge is 0.0619 e. The highest BCUT2D eigenvalue weighted by atomic mass is 14.4. The molecule has 0 amide bonds. The van der Waals surface area contributed by atoms with Crippen LogP contribution >= 0.6 is 0 Å². The Balaban J connectivity index is 1.66. The lowest BCUT2D eigenvalue weighted by atomic mass is 9.80. The number of hydrogen-bond donors (Lipinski definition) is 0. The van der Waals surface area contributed by atoms with Crippen LogP contribution in [0.1, 0.15) is 70.5 Å². The highest BCUT2D eigenvalue weighted by Gasteiger charge is 2.37. The Morgan fingerprint density at radius 3 is 1.63 bits per heavy atom. The maximum Gasteiger partial charge on any atom is 0.0629 e. The molecule has 2 aliphatic carbocycles. The number of fused-ring (bicyclic) bond motifs is 8. The second-order valence-corrected chi connectivity index (χ2v) is 11.3. The topological polar surface area (TPSA) is 0 Å². The van der Waals surface area contributed by atoms with E-state index in [9.17, 15) is 11.0 Å². The number of hydrogen-bond acceptors (Lipinski definition) is 0. The van der Waals surface area contributed by atoms with Crippen molar-refractivity contribution < 1.29 is 28.8 Å². The van der Waals surface area contributed by atoms with Crippen LogP contribution in [0, 0.1) is 6.92 Å². The van der Waals surface area contributed by atoms with Crippen molar-refractivity contribution in [2.24, 2.45) is 0 Å². The first-order valence-electron chi connectivity index (χ1n) is 24.2. The average Bonchev–Trinajstić information content (AvgIpc) is 3.77. The van der Waals surface area contributed by atoms with Gasteiger partial charge in [0.05, 0.1) is 28.8 Å². The molecule has 0 nitrogen and oxygen atoms in total. The Kier molecular flexibility index (Phi) is 2.38. The van der Waals surface area contributed by atoms with Gasteiger partial charge in [-0.2, -0.15) is 0 Å². The fourth-order valence-electron chi connectivity index (χ4n) is 6.71. The zero-order valence-electron chi connectivity index (χ0n) is 44.2. The van der Waals surface area contributed by atoms with Gasteiger partial charge >= 0.3 is 0 Å². The molecule has 0 unspecified atom stereocenters. The van der Waals surface area contributed by atoms with E-state index in [2.05, 4.69) is 0 Å². The van der Waals surface area contributed by atoms with Crippen molar-refractivity contribution in [1.82, 2.24) is 0 Å². The molecule has 43 heavy (non-hydrogen) atoms. The van der Waals surface area contributed by atoms with Crippen molar-refractivity contribution in [3.63, 3.8) is 0 Å². The molecule has 9 rings (SSSR count). The normalized spacial score (nSPS) is 20.9. The summed E-state index contributed by atoms with van der Waals surface area (Å²) in [6, 6.07) is -14.0. The molecule has 0 bridgehead atoms. The zero-order chi connectivity index (χ0) is 47.1. The lowest BCUT2D eigenvalue weighted by Gasteiger charge is -2.23. The number of benzene rings is 7. The van der Waals surface area contributed by atoms with Crippen molar-refractivity contribution in [3.05, 3.63) is 155 Å². The number of rotatable bonds is 2. The molecular formula is C43H32. The quantitative estimate of drug-likeness (QED) is 0.182. The van der Waals surface area contributed by atoms with Crippen molar-refractivity contribution in [1.29, 1.82) is 0 Å². The molecule has 0 heteroatoms. The van der Waals surface area contributed by atoms with Gasteiger partial charge in [0.2, 0.25) is 0 Å². The van der Waals surface area contributed by atoms with Crippen molar-refractivity contribution >= 4 is 21.5 Å². The Morgan fingerprint density at radius 2 is 0.953 bits per heavy atom. The molecular weight excluding hydrogens is 516 g/mol. The Hall–Kier alpha value is -4.94. The van der Waals surface area contributed by atoms with Gasteiger partial charge in [-0.1, -0.05) is 141 Å². The Bertz CT molecular complexity index is 3380. The average molecular weight is 570 g/mol. The summed E-state index contributed by atoms with van der Waals surface area (Å²) in [6.45, 7) is 4.68. The van der Waals surface area contributed by atoms with E-state index in [1.807, 2.05) is 0 Å². The molecule has 7 aromatic carbocycles. The van der Waals surface area contributed by atoms with Gasteiger partial charge < -0.3 is 0 Å². The van der Waals surface area contributed by atoms with Gasteiger partial charge in [0, 0.05) is 5.41 Å². The van der Waals surface area contributed by atoms with Crippen molar-refractivity contribution in [2.75, 3.05) is 0 Å². The molecule has 7 aromatic rings. The van der Waals surface area contributed by atoms with E-state index in [4.69, 9.17) is 17.8 Å². The SMILES string of the molecule is [2H]c1c([2H])c(C)c2c(c1[2H])-c1c(c([2H])c([2H])c([2H])c1-c1c3c([2H])c([2H])c([2H])c([2H])c3c(-c3c([2H])c([2H])c([2H])c4c3-c3c([2H])c([2H])c([2H])c([2H])c3C4(C)C)c3c([2H])c([2H])c([2H])c([2H])c13)C2. The van der Waals surface area contributed by atoms with E-state index in [1.54, 1.807) is 20.8 Å². The second kappa shape index (κ2) is 8.79. The fourth-order valence-corrected chi connectivity index (χ4v) is 6.71. The first-order chi connectivity index (χ1) is 29.8. The van der Waals surface area contributed by atoms with E-state index in [0.29, 0.717) is 5.56 Å². The first kappa shape index (κ1) is 11.6. The van der Waals surface area contributed by atoms with Gasteiger partial charge in [-0.3, -0.25) is 0 Å². The van der Waals surface area contributed by atoms with Gasteiger partial charge in [-0.25, -0.2) is 0 Å². The first-order valence-corrected chi connectivity index (χ1v) is 13.7. The van der Waals surface area contributed by atoms with Crippen LogP contribution in [-0.2, 0) is 11.8 Å². The molecule has 0 atom stereocenters. The monoisotopic (exact) mass is 569 g/mol. The minimum Gasteiger partial charge on any atom is -0.0619 e. The molecule has 0 fully saturated rings. The summed E-state index contributed by atoms with van der Waals surface area (Å²) in [6.07, 6.45) is -0.142. The maximum atomic E-state index is 9.58. The van der Waals surface area contributed by atoms with E-state index >= 15 is 0 Å². The third-order valence-electron chi connectivity index (χ3n) is 8.69. The molecule has 0 radical (unpaired) electrons. The Labute approximate surface area is 282 Å². The van der Waals surface area contributed by atoms with Crippen LogP contribution in [0.4, 0.5) is 0 Å². The molecule has 0 spiro atoms. The van der Waals surface area contributed by atoms with Crippen LogP contribution in [0.3, 0.4) is 0 Å². The van der Waals surface area contributed by atoms with Crippen molar-refractivity contribution in [2.45, 2.75) is 32.6 Å². The van der Waals surface area contributed by atoms with Gasteiger partial charge in [-0.15, -0.1) is 0 Å². The predicted octanol–water partition coefficient (Wildman–Crippen LogP) is 11.5. The lowest BCUT2D eigenvalue weighted by Crippen LogP contribution is -2.14. The third kappa shape index (κ3) is 3.27. The molecule has 0 heterocycles. The van der Waals surface area contributed by atoms with E-state index in [1.165, 1.54) is 0 Å². The Morgan fingerprint density at radius 1 is 0.465 bits per heavy atom. The summed E-state index contributed by atoms with van der Waals surface area (Å²) in [7, 11) is 0. The van der Waals surface area contributed by atoms with Gasteiger partial charge in [0.15, 0.2) is 0 Å². The highest BCUT2D eigenvalue weighted by Crippen LogP contribution is 2.55. The van der Waals surface area contributed by atoms with Gasteiger partial charge in [0.1, 0.15) is 0 Å². The van der Waals surface area contributed by atoms with Crippen LogP contribution in [0.25, 0.3) is 66.1 Å². The van der Waals surface area contributed by atoms with Gasteiger partial charge in [-0.05, 0) is 107 Å². The molecule has 204 valence electrons. The van der Waals surface area contributed by atoms with Crippen LogP contribution in [-0.4, -0.2) is 0 Å². The lowest BCUT2D eigenvalue weighted by molar-refractivity contribution is 0.660. The molecule has 0 aromatic heterocycles. The molecule has 0 saturated heterocycles. The highest BCUT2D eigenvalue weighted by molar-refractivity contribution is 6.24. The molecule has 2 aliphatic rings. The molecule has 0 aliphatic heterocycles. The minimum absolute atomic E-state index is 0.0000810. The van der Waals surface area contributed by atoms with Gasteiger partial charge in [0.25, 0.3) is 0 Å². The summed E-state index contributed by atoms with van der Waals surface area (Å²) in [5.41, 5.74) is -2.89. The largest absolute Gasteiger partial charge is 0.0629 e. The summed E-state index contributed by atoms with van der Waals surface area (Å²) in [4.78, 5) is 0. The van der Waals surface area contributed by atoms with Crippen LogP contribution in [0.5, 0.6) is 0 Å². The minimum atomic E-state index is -1.46. The van der Waals surface area contributed by atoms with Crippen molar-refractivity contribution in [3.8, 4) is 44.5 Å². The zero-order valence-corrected chi connectivity index (χ0v) is 23.2. The summed E-state index contributed by atoms with van der Waals surface area (Å²) in [5, 5.41) is -1.94. The maximum absolute atomic E-state index is 9.58. The van der Waals surface area contributed by atoms with Crippen LogP contribution in [0.2, 0.25) is 0 Å². The standard InChI is InChI=1S/C43H32/c1-26-13-10-20-32-36(26)25-27-14-11-21-34(39(27)32)40-28-15-4-6-17-30(28)41(31-18-7-5-16-29(31)40)35-22-12-24-38-42(35)33-19-8-9-23-37(33)43(38,2)3/h4-24H,25H2,1-3H3/i4D,5D,6D,7D,8D,9D,10D,11D,12D,13D,14D,15D,16D,17D,18D,19D,20D,21D,22D,23D,24D. The molecule has 0 N–H and O–H groups in total. The van der Waals surface area contributed by atoms with E-state index < -0.39 is 164 Å². The fraction of sp³-hybridized carbons (Fsp3) is 0.116. The summed E-state index contributed by atoms with van der Waals surface area (Å²) >= 11 is 0. The van der Waals surface area contributed by atoms with Crippen LogP contribution < -0.4 is 0 Å². The predicted molar refractivity (Wildman–Crippen MR) is 183 cm³/mol. The molecule has 0 saturated carbocycles. The van der Waals surface area contributed by atoms with E-state index in [-0.39, 0.29) is 62.5 Å². The van der Waals surface area contributed by atoms with E-state index in [0.717, 1.165) is 0 Å².